The monoisotopic (exact) mass is 624 g/mol. The van der Waals surface area contributed by atoms with Gasteiger partial charge in [-0.15, -0.1) is 11.6 Å². The first-order chi connectivity index (χ1) is 21.7. The molecule has 1 saturated heterocycles. The molecule has 4 aromatic rings. The molecule has 0 spiro atoms. The molecule has 9 heteroatoms. The van der Waals surface area contributed by atoms with Crippen molar-refractivity contribution in [2.45, 2.75) is 38.7 Å². The van der Waals surface area contributed by atoms with Gasteiger partial charge in [-0.05, 0) is 86.1 Å². The molecular weight excluding hydrogens is 595 g/mol. The average Bonchev–Trinajstić information content (AvgIpc) is 3.74. The van der Waals surface area contributed by atoms with E-state index in [1.807, 2.05) is 19.1 Å². The fourth-order valence-electron chi connectivity index (χ4n) is 7.49. The highest BCUT2D eigenvalue weighted by molar-refractivity contribution is 6.22. The number of ether oxygens (including phenoxy) is 1. The molecule has 7 nitrogen and oxygen atoms in total. The first-order valence-electron chi connectivity index (χ1n) is 15.2. The van der Waals surface area contributed by atoms with Gasteiger partial charge < -0.3 is 4.74 Å². The van der Waals surface area contributed by atoms with Crippen LogP contribution in [-0.2, 0) is 14.3 Å². The molecular formula is C36H30ClFN2O5. The summed E-state index contributed by atoms with van der Waals surface area (Å²) in [4.78, 5) is 59.7. The van der Waals surface area contributed by atoms with Crippen LogP contribution in [0.5, 0.6) is 0 Å². The van der Waals surface area contributed by atoms with E-state index >= 15 is 0 Å². The molecule has 1 aliphatic heterocycles. The highest BCUT2D eigenvalue weighted by atomic mass is 35.5. The number of fused-ring (bicyclic) bond motifs is 6. The summed E-state index contributed by atoms with van der Waals surface area (Å²) in [5, 5.41) is 0.564. The van der Waals surface area contributed by atoms with Crippen LogP contribution >= 0.6 is 11.6 Å². The van der Waals surface area contributed by atoms with Gasteiger partial charge in [-0.3, -0.25) is 19.3 Å². The van der Waals surface area contributed by atoms with E-state index in [1.165, 1.54) is 29.2 Å². The van der Waals surface area contributed by atoms with E-state index in [9.17, 15) is 23.6 Å². The summed E-state index contributed by atoms with van der Waals surface area (Å²) < 4.78 is 19.2. The lowest BCUT2D eigenvalue weighted by Gasteiger charge is -2.19. The molecule has 3 fully saturated rings. The number of benzene rings is 3. The van der Waals surface area contributed by atoms with Crippen molar-refractivity contribution in [1.29, 1.82) is 0 Å². The fourth-order valence-corrected chi connectivity index (χ4v) is 7.69. The molecule has 0 N–H and O–H groups in total. The molecule has 0 radical (unpaired) electrons. The summed E-state index contributed by atoms with van der Waals surface area (Å²) in [6.07, 6.45) is 1.92. The first kappa shape index (κ1) is 29.3. The third-order valence-corrected chi connectivity index (χ3v) is 9.87. The lowest BCUT2D eigenvalue weighted by molar-refractivity contribution is -0.123. The normalized spacial score (nSPS) is 22.6. The molecule has 228 valence electrons. The fraction of sp³-hybridized carbons (Fsp3) is 0.306. The number of alkyl halides is 1. The van der Waals surface area contributed by atoms with Crippen LogP contribution in [0, 0.1) is 36.4 Å². The van der Waals surface area contributed by atoms with Crippen molar-refractivity contribution in [2.75, 3.05) is 10.8 Å². The molecule has 1 aromatic heterocycles. The van der Waals surface area contributed by atoms with E-state index in [0.717, 1.165) is 24.8 Å². The number of anilines is 1. The van der Waals surface area contributed by atoms with E-state index in [2.05, 4.69) is 0 Å². The van der Waals surface area contributed by atoms with Crippen LogP contribution in [0.2, 0.25) is 0 Å². The molecule has 2 heterocycles. The SMILES string of the molecule is Cc1cccc2c(C(=O)OC(CCCl)C(=O)c3ccc(F)cc3)cc(-c3ccc(N4C(=O)C5C6CCC(C6)C5C4=O)cc3)nc12. The van der Waals surface area contributed by atoms with Crippen LogP contribution < -0.4 is 4.90 Å². The average molecular weight is 625 g/mol. The Kier molecular flexibility index (Phi) is 7.48. The molecule has 5 atom stereocenters. The molecule has 45 heavy (non-hydrogen) atoms. The Morgan fingerprint density at radius 2 is 1.64 bits per heavy atom. The smallest absolute Gasteiger partial charge is 0.339 e. The van der Waals surface area contributed by atoms with Crippen molar-refractivity contribution < 1.29 is 28.3 Å². The molecule has 3 aliphatic rings. The Labute approximate surface area is 264 Å². The third-order valence-electron chi connectivity index (χ3n) is 9.65. The second kappa shape index (κ2) is 11.5. The van der Waals surface area contributed by atoms with Crippen LogP contribution in [-0.4, -0.2) is 40.5 Å². The summed E-state index contributed by atoms with van der Waals surface area (Å²) in [7, 11) is 0. The Bertz CT molecular complexity index is 1830. The Hall–Kier alpha value is -4.43. The number of aryl methyl sites for hydroxylation is 1. The molecule has 5 unspecified atom stereocenters. The Morgan fingerprint density at radius 1 is 0.978 bits per heavy atom. The van der Waals surface area contributed by atoms with Gasteiger partial charge in [0, 0.05) is 28.8 Å². The maximum absolute atomic E-state index is 13.7. The largest absolute Gasteiger partial charge is 0.450 e. The second-order valence-electron chi connectivity index (χ2n) is 12.2. The molecule has 2 saturated carbocycles. The Morgan fingerprint density at radius 3 is 2.29 bits per heavy atom. The highest BCUT2D eigenvalue weighted by Gasteiger charge is 2.61. The minimum absolute atomic E-state index is 0.0729. The third kappa shape index (κ3) is 5.01. The maximum atomic E-state index is 13.7. The quantitative estimate of drug-likeness (QED) is 0.0914. The van der Waals surface area contributed by atoms with Gasteiger partial charge in [-0.1, -0.05) is 30.3 Å². The summed E-state index contributed by atoms with van der Waals surface area (Å²) in [6.45, 7) is 1.89. The number of hydrogen-bond donors (Lipinski definition) is 0. The number of carbonyl (C=O) groups is 4. The number of pyridine rings is 1. The molecule has 2 aliphatic carbocycles. The number of halogens is 2. The Balaban J connectivity index is 1.20. The number of nitrogens with zero attached hydrogens (tertiary/aromatic N) is 2. The predicted octanol–water partition coefficient (Wildman–Crippen LogP) is 6.92. The van der Waals surface area contributed by atoms with Crippen LogP contribution in [0.1, 0.15) is 52.0 Å². The number of esters is 1. The minimum atomic E-state index is -1.17. The zero-order chi connectivity index (χ0) is 31.4. The zero-order valence-electron chi connectivity index (χ0n) is 24.5. The minimum Gasteiger partial charge on any atom is -0.450 e. The van der Waals surface area contributed by atoms with E-state index in [1.54, 1.807) is 36.4 Å². The number of amides is 2. The number of carbonyl (C=O) groups excluding carboxylic acids is 4. The standard InChI is InChI=1S/C36H30ClFN2O5/c1-19-3-2-4-26-27(36(44)45-29(15-16-37)33(41)21-7-11-24(38)12-8-21)18-28(39-32(19)26)20-9-13-25(14-10-20)40-34(42)30-22-5-6-23(17-22)31(30)35(40)43/h2-4,7-14,18,22-23,29-31H,5-6,15-17H2,1H3. The van der Waals surface area contributed by atoms with Gasteiger partial charge in [0.25, 0.3) is 0 Å². The second-order valence-corrected chi connectivity index (χ2v) is 12.6. The number of ketones is 1. The van der Waals surface area contributed by atoms with Crippen LogP contribution in [0.3, 0.4) is 0 Å². The molecule has 2 bridgehead atoms. The lowest BCUT2D eigenvalue weighted by Crippen LogP contribution is -2.32. The number of hydrogen-bond acceptors (Lipinski definition) is 6. The molecule has 2 amide bonds. The van der Waals surface area contributed by atoms with Crippen LogP contribution in [0.4, 0.5) is 10.1 Å². The predicted molar refractivity (Wildman–Crippen MR) is 167 cm³/mol. The number of Topliss-reactive ketones (excluding diaryl/α,β-unsaturated/α-hetero) is 1. The number of para-hydroxylation sites is 1. The summed E-state index contributed by atoms with van der Waals surface area (Å²) >= 11 is 5.97. The zero-order valence-corrected chi connectivity index (χ0v) is 25.3. The van der Waals surface area contributed by atoms with E-state index in [-0.39, 0.29) is 47.1 Å². The van der Waals surface area contributed by atoms with Crippen LogP contribution in [0.25, 0.3) is 22.2 Å². The molecule has 7 rings (SSSR count). The van der Waals surface area contributed by atoms with Crippen molar-refractivity contribution in [3.8, 4) is 11.3 Å². The highest BCUT2D eigenvalue weighted by Crippen LogP contribution is 2.56. The first-order valence-corrected chi connectivity index (χ1v) is 15.7. The molecule has 3 aromatic carbocycles. The summed E-state index contributed by atoms with van der Waals surface area (Å²) in [6, 6.07) is 19.2. The lowest BCUT2D eigenvalue weighted by atomic mass is 9.81. The van der Waals surface area contributed by atoms with Gasteiger partial charge in [0.15, 0.2) is 6.10 Å². The van der Waals surface area contributed by atoms with Crippen molar-refractivity contribution >= 4 is 51.8 Å². The number of imide groups is 1. The summed E-state index contributed by atoms with van der Waals surface area (Å²) in [5.41, 5.74) is 3.57. The van der Waals surface area contributed by atoms with Gasteiger partial charge in [-0.2, -0.15) is 0 Å². The van der Waals surface area contributed by atoms with Gasteiger partial charge in [-0.25, -0.2) is 14.2 Å². The van der Waals surface area contributed by atoms with E-state index in [0.29, 0.717) is 39.7 Å². The van der Waals surface area contributed by atoms with Gasteiger partial charge >= 0.3 is 5.97 Å². The van der Waals surface area contributed by atoms with Gasteiger partial charge in [0.2, 0.25) is 17.6 Å². The van der Waals surface area contributed by atoms with Gasteiger partial charge in [0.1, 0.15) is 5.82 Å². The van der Waals surface area contributed by atoms with E-state index < -0.39 is 23.7 Å². The maximum Gasteiger partial charge on any atom is 0.339 e. The number of rotatable bonds is 8. The van der Waals surface area contributed by atoms with Gasteiger partial charge in [0.05, 0.1) is 34.3 Å². The van der Waals surface area contributed by atoms with Crippen molar-refractivity contribution in [1.82, 2.24) is 4.98 Å². The van der Waals surface area contributed by atoms with Crippen molar-refractivity contribution in [3.63, 3.8) is 0 Å². The van der Waals surface area contributed by atoms with E-state index in [4.69, 9.17) is 21.3 Å². The topological polar surface area (TPSA) is 93.6 Å². The van der Waals surface area contributed by atoms with Crippen LogP contribution in [0.15, 0.2) is 72.8 Å². The van der Waals surface area contributed by atoms with Crippen molar-refractivity contribution in [2.24, 2.45) is 23.7 Å². The van der Waals surface area contributed by atoms with Crippen molar-refractivity contribution in [3.05, 3.63) is 95.3 Å². The summed E-state index contributed by atoms with van der Waals surface area (Å²) in [5.74, 6) is -1.60. The number of aromatic nitrogens is 1.